The van der Waals surface area contributed by atoms with Crippen LogP contribution >= 0.6 is 23.6 Å². The van der Waals surface area contributed by atoms with Crippen LogP contribution in [0.1, 0.15) is 18.5 Å². The second-order valence-electron chi connectivity index (χ2n) is 6.85. The van der Waals surface area contributed by atoms with Gasteiger partial charge in [0.05, 0.1) is 37.6 Å². The monoisotopic (exact) mass is 429 g/mol. The van der Waals surface area contributed by atoms with Gasteiger partial charge < -0.3 is 19.7 Å². The lowest BCUT2D eigenvalue weighted by atomic mass is 9.95. The van der Waals surface area contributed by atoms with Crippen molar-refractivity contribution in [3.8, 4) is 5.75 Å². The molecular formula is C21H23N3O3S2. The van der Waals surface area contributed by atoms with Gasteiger partial charge in [-0.1, -0.05) is 12.1 Å². The van der Waals surface area contributed by atoms with Crippen LogP contribution in [0.2, 0.25) is 0 Å². The van der Waals surface area contributed by atoms with E-state index in [1.165, 1.54) is 0 Å². The number of amides is 1. The van der Waals surface area contributed by atoms with Crippen molar-refractivity contribution in [3.05, 3.63) is 57.9 Å². The SMILES string of the molecule is COc1ccccc1N1C(=S)NC(c2ccsc2)C(C(=O)N2CCOCC2)=C1C. The molecule has 2 aliphatic rings. The molecule has 2 aliphatic heterocycles. The first-order chi connectivity index (χ1) is 14.1. The number of ether oxygens (including phenoxy) is 2. The number of anilines is 1. The Morgan fingerprint density at radius 3 is 2.72 bits per heavy atom. The third-order valence-electron chi connectivity index (χ3n) is 5.22. The molecule has 0 spiro atoms. The number of hydrogen-bond acceptors (Lipinski definition) is 5. The molecule has 1 saturated heterocycles. The van der Waals surface area contributed by atoms with Gasteiger partial charge in [-0.15, -0.1) is 0 Å². The fourth-order valence-electron chi connectivity index (χ4n) is 3.75. The third-order valence-corrected chi connectivity index (χ3v) is 6.22. The van der Waals surface area contributed by atoms with Gasteiger partial charge in [-0.25, -0.2) is 0 Å². The number of morpholine rings is 1. The van der Waals surface area contributed by atoms with Crippen molar-refractivity contribution < 1.29 is 14.3 Å². The number of rotatable bonds is 4. The molecule has 0 radical (unpaired) electrons. The standard InChI is InChI=1S/C21H23N3O3S2/c1-14-18(20(25)23-8-10-27-11-9-23)19(15-7-12-29-13-15)22-21(28)24(14)16-5-3-4-6-17(16)26-2/h3-7,12-13,19H,8-11H2,1-2H3,(H,22,28). The van der Waals surface area contributed by atoms with E-state index in [4.69, 9.17) is 21.7 Å². The van der Waals surface area contributed by atoms with Gasteiger partial charge in [0, 0.05) is 18.8 Å². The van der Waals surface area contributed by atoms with Crippen LogP contribution in [0.5, 0.6) is 5.75 Å². The molecule has 1 aromatic carbocycles. The average molecular weight is 430 g/mol. The maximum Gasteiger partial charge on any atom is 0.254 e. The molecule has 29 heavy (non-hydrogen) atoms. The molecule has 3 heterocycles. The number of benzene rings is 1. The first kappa shape index (κ1) is 19.9. The van der Waals surface area contributed by atoms with Crippen LogP contribution in [0.15, 0.2) is 52.4 Å². The van der Waals surface area contributed by atoms with Gasteiger partial charge in [0.15, 0.2) is 5.11 Å². The highest BCUT2D eigenvalue weighted by Gasteiger charge is 2.37. The van der Waals surface area contributed by atoms with Gasteiger partial charge in [0.2, 0.25) is 0 Å². The highest BCUT2D eigenvalue weighted by Crippen LogP contribution is 2.38. The van der Waals surface area contributed by atoms with Crippen LogP contribution in [0.4, 0.5) is 5.69 Å². The van der Waals surface area contributed by atoms with Crippen molar-refractivity contribution in [2.24, 2.45) is 0 Å². The lowest BCUT2D eigenvalue weighted by Crippen LogP contribution is -2.51. The Hall–Kier alpha value is -2.42. The van der Waals surface area contributed by atoms with Crippen molar-refractivity contribution in [2.75, 3.05) is 38.3 Å². The summed E-state index contributed by atoms with van der Waals surface area (Å²) in [6, 6.07) is 9.43. The minimum atomic E-state index is -0.282. The van der Waals surface area contributed by atoms with E-state index in [1.54, 1.807) is 18.4 Å². The number of para-hydroxylation sites is 2. The molecule has 1 fully saturated rings. The average Bonchev–Trinajstić information content (AvgIpc) is 3.29. The number of carbonyl (C=O) groups is 1. The number of hydrogen-bond donors (Lipinski definition) is 1. The van der Waals surface area contributed by atoms with E-state index in [1.807, 2.05) is 52.4 Å². The Kier molecular flexibility index (Phi) is 5.84. The third kappa shape index (κ3) is 3.75. The van der Waals surface area contributed by atoms with Gasteiger partial charge in [0.25, 0.3) is 5.91 Å². The molecule has 1 aromatic heterocycles. The summed E-state index contributed by atoms with van der Waals surface area (Å²) in [7, 11) is 1.63. The Labute approximate surface area is 179 Å². The van der Waals surface area contributed by atoms with Crippen LogP contribution in [-0.4, -0.2) is 49.3 Å². The van der Waals surface area contributed by atoms with Gasteiger partial charge in [-0.2, -0.15) is 11.3 Å². The molecule has 6 nitrogen and oxygen atoms in total. The maximum absolute atomic E-state index is 13.6. The van der Waals surface area contributed by atoms with Gasteiger partial charge in [-0.05, 0) is 53.7 Å². The number of allylic oxidation sites excluding steroid dienone is 1. The van der Waals surface area contributed by atoms with Gasteiger partial charge >= 0.3 is 0 Å². The van der Waals surface area contributed by atoms with Crippen LogP contribution in [0, 0.1) is 0 Å². The zero-order valence-corrected chi connectivity index (χ0v) is 18.0. The molecule has 1 amide bonds. The van der Waals surface area contributed by atoms with Crippen LogP contribution < -0.4 is 15.0 Å². The number of methoxy groups -OCH3 is 1. The van der Waals surface area contributed by atoms with Crippen LogP contribution in [0.25, 0.3) is 0 Å². The molecule has 1 atom stereocenters. The Morgan fingerprint density at radius 1 is 1.28 bits per heavy atom. The number of thiophene rings is 1. The van der Waals surface area contributed by atoms with Crippen molar-refractivity contribution in [1.82, 2.24) is 10.2 Å². The number of nitrogens with zero attached hydrogens (tertiary/aromatic N) is 2. The molecule has 2 aromatic rings. The van der Waals surface area contributed by atoms with Gasteiger partial charge in [-0.3, -0.25) is 9.69 Å². The molecule has 8 heteroatoms. The van der Waals surface area contributed by atoms with E-state index < -0.39 is 0 Å². The normalized spacial score (nSPS) is 19.9. The van der Waals surface area contributed by atoms with Crippen molar-refractivity contribution in [3.63, 3.8) is 0 Å². The smallest absolute Gasteiger partial charge is 0.254 e. The molecule has 4 rings (SSSR count). The van der Waals surface area contributed by atoms with Crippen molar-refractivity contribution in [1.29, 1.82) is 0 Å². The summed E-state index contributed by atoms with van der Waals surface area (Å²) in [6.45, 7) is 4.25. The molecule has 0 bridgehead atoms. The summed E-state index contributed by atoms with van der Waals surface area (Å²) in [4.78, 5) is 17.3. The number of carbonyl (C=O) groups excluding carboxylic acids is 1. The van der Waals surface area contributed by atoms with Crippen LogP contribution in [-0.2, 0) is 9.53 Å². The lowest BCUT2D eigenvalue weighted by molar-refractivity contribution is -0.131. The number of thiocarbonyl (C=S) groups is 1. The highest BCUT2D eigenvalue weighted by molar-refractivity contribution is 7.80. The van der Waals surface area contributed by atoms with E-state index in [2.05, 4.69) is 10.7 Å². The summed E-state index contributed by atoms with van der Waals surface area (Å²) in [5.41, 5.74) is 3.35. The topological polar surface area (TPSA) is 54.0 Å². The van der Waals surface area contributed by atoms with E-state index in [9.17, 15) is 4.79 Å². The van der Waals surface area contributed by atoms with Gasteiger partial charge in [0.1, 0.15) is 5.75 Å². The second kappa shape index (κ2) is 8.52. The Bertz CT molecular complexity index is 936. The molecule has 152 valence electrons. The second-order valence-corrected chi connectivity index (χ2v) is 8.02. The molecular weight excluding hydrogens is 406 g/mol. The lowest BCUT2D eigenvalue weighted by Gasteiger charge is -2.40. The fraction of sp³-hybridized carbons (Fsp3) is 0.333. The quantitative estimate of drug-likeness (QED) is 0.753. The zero-order chi connectivity index (χ0) is 20.4. The van der Waals surface area contributed by atoms with Crippen LogP contribution in [0.3, 0.4) is 0 Å². The van der Waals surface area contributed by atoms with Crippen molar-refractivity contribution in [2.45, 2.75) is 13.0 Å². The zero-order valence-electron chi connectivity index (χ0n) is 16.4. The van der Waals surface area contributed by atoms with E-state index in [-0.39, 0.29) is 11.9 Å². The number of nitrogens with one attached hydrogen (secondary N) is 1. The molecule has 0 aliphatic carbocycles. The first-order valence-corrected chi connectivity index (χ1v) is 10.8. The summed E-state index contributed by atoms with van der Waals surface area (Å²) in [6.07, 6.45) is 0. The largest absolute Gasteiger partial charge is 0.495 e. The molecule has 1 N–H and O–H groups in total. The summed E-state index contributed by atoms with van der Waals surface area (Å²) in [5, 5.41) is 8.00. The minimum Gasteiger partial charge on any atom is -0.495 e. The van der Waals surface area contributed by atoms with Crippen molar-refractivity contribution >= 4 is 40.3 Å². The molecule has 1 unspecified atom stereocenters. The van der Waals surface area contributed by atoms with E-state index in [0.29, 0.717) is 42.7 Å². The predicted molar refractivity (Wildman–Crippen MR) is 118 cm³/mol. The Morgan fingerprint density at radius 2 is 2.03 bits per heavy atom. The summed E-state index contributed by atoms with van der Waals surface area (Å²) in [5.74, 6) is 0.708. The highest BCUT2D eigenvalue weighted by atomic mass is 32.1. The Balaban J connectivity index is 1.82. The first-order valence-electron chi connectivity index (χ1n) is 9.45. The summed E-state index contributed by atoms with van der Waals surface area (Å²) >= 11 is 7.33. The predicted octanol–water partition coefficient (Wildman–Crippen LogP) is 3.33. The summed E-state index contributed by atoms with van der Waals surface area (Å²) < 4.78 is 11.0. The molecule has 0 saturated carbocycles. The van der Waals surface area contributed by atoms with E-state index >= 15 is 0 Å². The fourth-order valence-corrected chi connectivity index (χ4v) is 4.79. The minimum absolute atomic E-state index is 0.0110. The maximum atomic E-state index is 13.6. The van der Waals surface area contributed by atoms with E-state index in [0.717, 1.165) is 16.9 Å².